The van der Waals surface area contributed by atoms with Gasteiger partial charge in [-0.05, 0) is 90.4 Å². The lowest BCUT2D eigenvalue weighted by molar-refractivity contribution is 0.397. The SMILES string of the molecule is C=C1CCC(c2ccc(N3CCC(n4ccc(C(C)c5ccc(N6C=CC(=N)/C6=C\C(=N)c6ccccc6)cc5)c4)CC3)cc2)C(=C)N1. The molecule has 2 fully saturated rings. The first kappa shape index (κ1) is 31.3. The molecule has 1 aromatic heterocycles. The number of aromatic nitrogens is 1. The Morgan fingerprint density at radius 3 is 2.29 bits per heavy atom. The summed E-state index contributed by atoms with van der Waals surface area (Å²) in [6, 6.07) is 30.2. The van der Waals surface area contributed by atoms with Crippen molar-refractivity contribution in [2.24, 2.45) is 0 Å². The standard InChI is InChI=1S/C42H44N6/c1-29-9-18-39(31(3)45-29)33-12-14-36(15-13-33)46-24-20-37(21-25-46)47-23-19-35(28-47)30(2)32-10-16-38(17-11-32)48-26-22-40(43)42(48)27-41(44)34-7-5-4-6-8-34/h4-8,10-17,19,22-23,26-28,30,37,39,43-45H,1,3,9,18,20-21,24-25H2,2H3/b42-27+,43-40?,44-41?. The van der Waals surface area contributed by atoms with E-state index in [1.807, 2.05) is 41.4 Å². The average Bonchev–Trinajstić information content (AvgIpc) is 3.76. The van der Waals surface area contributed by atoms with Crippen molar-refractivity contribution in [1.29, 1.82) is 10.8 Å². The van der Waals surface area contributed by atoms with Crippen LogP contribution in [0, 0.1) is 10.8 Å². The van der Waals surface area contributed by atoms with Crippen LogP contribution in [0.4, 0.5) is 11.4 Å². The Morgan fingerprint density at radius 1 is 0.875 bits per heavy atom. The second kappa shape index (κ2) is 13.4. The lowest BCUT2D eigenvalue weighted by Gasteiger charge is -2.35. The van der Waals surface area contributed by atoms with E-state index in [1.54, 1.807) is 12.2 Å². The van der Waals surface area contributed by atoms with Crippen molar-refractivity contribution in [2.75, 3.05) is 22.9 Å². The first-order chi connectivity index (χ1) is 23.3. The third-order valence-electron chi connectivity index (χ3n) is 10.2. The largest absolute Gasteiger partial charge is 0.371 e. The molecule has 0 radical (unpaired) electrons. The van der Waals surface area contributed by atoms with Gasteiger partial charge in [-0.15, -0.1) is 0 Å². The van der Waals surface area contributed by atoms with Crippen LogP contribution in [0.25, 0.3) is 0 Å². The number of allylic oxidation sites excluding steroid dienone is 4. The minimum atomic E-state index is 0.265. The van der Waals surface area contributed by atoms with E-state index in [-0.39, 0.29) is 5.92 Å². The summed E-state index contributed by atoms with van der Waals surface area (Å²) in [5, 5.41) is 20.4. The molecule has 0 spiro atoms. The molecule has 3 aliphatic rings. The van der Waals surface area contributed by atoms with E-state index < -0.39 is 0 Å². The fourth-order valence-corrected chi connectivity index (χ4v) is 7.26. The van der Waals surface area contributed by atoms with Gasteiger partial charge in [0, 0.05) is 72.3 Å². The van der Waals surface area contributed by atoms with Crippen molar-refractivity contribution in [3.63, 3.8) is 0 Å². The minimum absolute atomic E-state index is 0.265. The fourth-order valence-electron chi connectivity index (χ4n) is 7.26. The van der Waals surface area contributed by atoms with Gasteiger partial charge in [0.2, 0.25) is 0 Å². The maximum absolute atomic E-state index is 8.56. The van der Waals surface area contributed by atoms with Crippen molar-refractivity contribution < 1.29 is 0 Å². The molecular formula is C42H44N6. The van der Waals surface area contributed by atoms with Crippen molar-refractivity contribution >= 4 is 22.8 Å². The first-order valence-corrected chi connectivity index (χ1v) is 17.0. The highest BCUT2D eigenvalue weighted by molar-refractivity contribution is 6.18. The molecule has 7 rings (SSSR count). The second-order valence-electron chi connectivity index (χ2n) is 13.3. The van der Waals surface area contributed by atoms with Gasteiger partial charge in [-0.2, -0.15) is 0 Å². The number of piperidine rings is 2. The predicted octanol–water partition coefficient (Wildman–Crippen LogP) is 9.28. The number of benzene rings is 3. The lowest BCUT2D eigenvalue weighted by Crippen LogP contribution is -2.34. The summed E-state index contributed by atoms with van der Waals surface area (Å²) < 4.78 is 2.43. The molecule has 0 amide bonds. The maximum Gasteiger partial charge on any atom is 0.0795 e. The predicted molar refractivity (Wildman–Crippen MR) is 199 cm³/mol. The number of nitrogens with one attached hydrogen (secondary N) is 3. The van der Waals surface area contributed by atoms with Crippen LogP contribution in [-0.4, -0.2) is 29.1 Å². The molecule has 242 valence electrons. The molecule has 0 aliphatic carbocycles. The Balaban J connectivity index is 0.960. The zero-order chi connectivity index (χ0) is 33.2. The summed E-state index contributed by atoms with van der Waals surface area (Å²) in [6.07, 6.45) is 14.4. The van der Waals surface area contributed by atoms with Gasteiger partial charge >= 0.3 is 0 Å². The lowest BCUT2D eigenvalue weighted by atomic mass is 9.88. The first-order valence-electron chi connectivity index (χ1n) is 17.0. The van der Waals surface area contributed by atoms with Gasteiger partial charge in [-0.1, -0.05) is 74.7 Å². The molecule has 2 unspecified atom stereocenters. The Bertz CT molecular complexity index is 1890. The van der Waals surface area contributed by atoms with Crippen LogP contribution in [0.2, 0.25) is 0 Å². The smallest absolute Gasteiger partial charge is 0.0795 e. The Morgan fingerprint density at radius 2 is 1.58 bits per heavy atom. The van der Waals surface area contributed by atoms with Gasteiger partial charge in [0.25, 0.3) is 0 Å². The third-order valence-corrected chi connectivity index (χ3v) is 10.2. The van der Waals surface area contributed by atoms with E-state index >= 15 is 0 Å². The molecule has 4 aromatic rings. The van der Waals surface area contributed by atoms with Gasteiger partial charge in [0.1, 0.15) is 0 Å². The zero-order valence-electron chi connectivity index (χ0n) is 27.7. The van der Waals surface area contributed by atoms with Crippen LogP contribution in [-0.2, 0) is 0 Å². The number of hydrogen-bond donors (Lipinski definition) is 3. The Kier molecular flexibility index (Phi) is 8.72. The summed E-state index contributed by atoms with van der Waals surface area (Å²) in [6.45, 7) is 12.7. The summed E-state index contributed by atoms with van der Waals surface area (Å²) in [4.78, 5) is 4.51. The molecular weight excluding hydrogens is 589 g/mol. The molecule has 3 N–H and O–H groups in total. The Hall–Kier alpha value is -5.36. The van der Waals surface area contributed by atoms with E-state index in [0.717, 1.165) is 61.4 Å². The summed E-state index contributed by atoms with van der Waals surface area (Å²) in [7, 11) is 0. The quantitative estimate of drug-likeness (QED) is 0.170. The number of hydrogen-bond acceptors (Lipinski definition) is 5. The topological polar surface area (TPSA) is 71.1 Å². The Labute approximate surface area is 284 Å². The van der Waals surface area contributed by atoms with E-state index in [4.69, 9.17) is 10.8 Å². The third kappa shape index (κ3) is 6.43. The zero-order valence-corrected chi connectivity index (χ0v) is 27.7. The van der Waals surface area contributed by atoms with E-state index in [9.17, 15) is 0 Å². The summed E-state index contributed by atoms with van der Waals surface area (Å²) in [5.41, 5.74) is 10.7. The van der Waals surface area contributed by atoms with Gasteiger partial charge in [-0.3, -0.25) is 5.41 Å². The minimum Gasteiger partial charge on any atom is -0.371 e. The van der Waals surface area contributed by atoms with Crippen molar-refractivity contribution in [3.8, 4) is 0 Å². The van der Waals surface area contributed by atoms with Crippen molar-refractivity contribution in [2.45, 2.75) is 50.5 Å². The second-order valence-corrected chi connectivity index (χ2v) is 13.3. The highest BCUT2D eigenvalue weighted by Crippen LogP contribution is 2.35. The van der Waals surface area contributed by atoms with Crippen LogP contribution in [0.3, 0.4) is 0 Å². The monoisotopic (exact) mass is 632 g/mol. The molecule has 3 aromatic carbocycles. The van der Waals surface area contributed by atoms with E-state index in [0.29, 0.717) is 29.1 Å². The van der Waals surface area contributed by atoms with Crippen LogP contribution in [0.5, 0.6) is 0 Å². The van der Waals surface area contributed by atoms with Gasteiger partial charge < -0.3 is 25.1 Å². The summed E-state index contributed by atoms with van der Waals surface area (Å²) >= 11 is 0. The molecule has 6 nitrogen and oxygen atoms in total. The number of rotatable bonds is 8. The average molecular weight is 633 g/mol. The fraction of sp³-hybridized carbons (Fsp3) is 0.238. The summed E-state index contributed by atoms with van der Waals surface area (Å²) in [5.74, 6) is 0.619. The van der Waals surface area contributed by atoms with E-state index in [1.165, 1.54) is 22.4 Å². The van der Waals surface area contributed by atoms with Crippen LogP contribution >= 0.6 is 0 Å². The molecule has 0 saturated carbocycles. The molecule has 4 heterocycles. The van der Waals surface area contributed by atoms with Crippen LogP contribution in [0.1, 0.15) is 72.7 Å². The maximum atomic E-state index is 8.56. The van der Waals surface area contributed by atoms with Gasteiger partial charge in [-0.25, -0.2) is 0 Å². The van der Waals surface area contributed by atoms with Crippen LogP contribution in [0.15, 0.2) is 146 Å². The molecule has 2 saturated heterocycles. The van der Waals surface area contributed by atoms with Crippen molar-refractivity contribution in [1.82, 2.24) is 9.88 Å². The van der Waals surface area contributed by atoms with E-state index in [2.05, 4.69) is 102 Å². The van der Waals surface area contributed by atoms with Gasteiger partial charge in [0.15, 0.2) is 0 Å². The molecule has 0 bridgehead atoms. The highest BCUT2D eigenvalue weighted by Gasteiger charge is 2.24. The van der Waals surface area contributed by atoms with Crippen molar-refractivity contribution in [3.05, 3.63) is 168 Å². The number of anilines is 2. The van der Waals surface area contributed by atoms with Gasteiger partial charge in [0.05, 0.1) is 17.1 Å². The van der Waals surface area contributed by atoms with Crippen LogP contribution < -0.4 is 15.1 Å². The number of nitrogens with zero attached hydrogens (tertiary/aromatic N) is 3. The molecule has 48 heavy (non-hydrogen) atoms. The highest BCUT2D eigenvalue weighted by atomic mass is 15.2. The molecule has 3 aliphatic heterocycles. The molecule has 2 atom stereocenters. The molecule has 6 heteroatoms. The normalized spacial score (nSPS) is 20.0.